The summed E-state index contributed by atoms with van der Waals surface area (Å²) in [7, 11) is 0. The molecule has 0 aliphatic rings. The number of nitrogens with one attached hydrogen (secondary N) is 1. The summed E-state index contributed by atoms with van der Waals surface area (Å²) in [4.78, 5) is 12.5. The van der Waals surface area contributed by atoms with Gasteiger partial charge in [-0.1, -0.05) is 301 Å². The Morgan fingerprint density at radius 2 is 0.600 bits per heavy atom. The summed E-state index contributed by atoms with van der Waals surface area (Å²) in [6.07, 6.45) is 77.6. The normalized spacial score (nSPS) is 13.0. The summed E-state index contributed by atoms with van der Waals surface area (Å²) in [6.45, 7) is 4.33. The van der Waals surface area contributed by atoms with Crippen LogP contribution in [0.25, 0.3) is 0 Å². The highest BCUT2D eigenvalue weighted by Gasteiger charge is 2.18. The van der Waals surface area contributed by atoms with Crippen LogP contribution >= 0.6 is 0 Å². The Balaban J connectivity index is 3.46. The highest BCUT2D eigenvalue weighted by atomic mass is 16.3. The third-order valence-corrected chi connectivity index (χ3v) is 13.8. The maximum absolute atomic E-state index is 12.5. The van der Waals surface area contributed by atoms with Gasteiger partial charge in [-0.3, -0.25) is 4.79 Å². The molecule has 65 heavy (non-hydrogen) atoms. The smallest absolute Gasteiger partial charge is 0.220 e. The van der Waals surface area contributed by atoms with Crippen molar-refractivity contribution >= 4 is 5.91 Å². The van der Waals surface area contributed by atoms with Gasteiger partial charge in [-0.25, -0.2) is 0 Å². The molecule has 3 N–H and O–H groups in total. The molecule has 0 aromatic carbocycles. The molecule has 0 aliphatic carbocycles. The van der Waals surface area contributed by atoms with Gasteiger partial charge in [0.15, 0.2) is 0 Å². The summed E-state index contributed by atoms with van der Waals surface area (Å²) in [5.41, 5.74) is 0. The number of allylic oxidation sites excluding steroid dienone is 5. The fourth-order valence-electron chi connectivity index (χ4n) is 9.31. The monoisotopic (exact) mass is 912 g/mol. The molecular formula is C61H117NO3. The standard InChI is InChI=1S/C61H117NO3/c1-3-5-7-9-11-13-15-17-19-21-23-25-26-27-28-29-30-31-32-33-34-35-36-37-39-41-43-45-47-49-51-53-55-57-61(65)62-59(58-63)60(64)56-54-52-50-48-46-44-42-40-38-24-22-20-18-16-14-12-10-8-6-4-2/h27-28,46,48,54,56,59-60,63-64H,3-26,29-45,47,49-53,55,57-58H2,1-2H3,(H,62,65)/b28-27-,48-46+,56-54+. The van der Waals surface area contributed by atoms with E-state index in [4.69, 9.17) is 0 Å². The van der Waals surface area contributed by atoms with E-state index in [1.54, 1.807) is 6.08 Å². The molecule has 0 radical (unpaired) electrons. The zero-order valence-corrected chi connectivity index (χ0v) is 44.3. The topological polar surface area (TPSA) is 69.6 Å². The molecule has 0 spiro atoms. The average Bonchev–Trinajstić information content (AvgIpc) is 3.31. The SMILES string of the molecule is CCCCCCCCCCCCCC/C=C\CCCCCCCCCCCCCCCCCCCC(=O)NC(CO)C(O)/C=C/CC/C=C/CCCCCCCCCCCCCCCC. The predicted molar refractivity (Wildman–Crippen MR) is 290 cm³/mol. The van der Waals surface area contributed by atoms with E-state index in [-0.39, 0.29) is 12.5 Å². The van der Waals surface area contributed by atoms with E-state index in [1.807, 2.05) is 6.08 Å². The summed E-state index contributed by atoms with van der Waals surface area (Å²) in [5.74, 6) is -0.0682. The molecule has 4 heteroatoms. The number of hydrogen-bond acceptors (Lipinski definition) is 3. The lowest BCUT2D eigenvalue weighted by molar-refractivity contribution is -0.123. The molecule has 1 amide bonds. The van der Waals surface area contributed by atoms with Crippen LogP contribution < -0.4 is 5.32 Å². The fourth-order valence-corrected chi connectivity index (χ4v) is 9.31. The maximum atomic E-state index is 12.5. The van der Waals surface area contributed by atoms with Crippen molar-refractivity contribution in [1.82, 2.24) is 5.32 Å². The third kappa shape index (κ3) is 53.4. The molecule has 0 aliphatic heterocycles. The molecule has 0 fully saturated rings. The number of carbonyl (C=O) groups excluding carboxylic acids is 1. The van der Waals surface area contributed by atoms with Crippen LogP contribution in [0, 0.1) is 0 Å². The van der Waals surface area contributed by atoms with Gasteiger partial charge in [0.1, 0.15) is 0 Å². The Bertz CT molecular complexity index is 989. The van der Waals surface area contributed by atoms with Crippen LogP contribution in [0.4, 0.5) is 0 Å². The highest BCUT2D eigenvalue weighted by molar-refractivity contribution is 5.76. The van der Waals surface area contributed by atoms with Gasteiger partial charge in [-0.05, 0) is 57.8 Å². The Morgan fingerprint density at radius 1 is 0.354 bits per heavy atom. The molecule has 0 bridgehead atoms. The van der Waals surface area contributed by atoms with Gasteiger partial charge in [0.2, 0.25) is 5.91 Å². The Morgan fingerprint density at radius 3 is 0.892 bits per heavy atom. The molecular weight excluding hydrogens is 795 g/mol. The molecule has 0 aromatic heterocycles. The number of aliphatic hydroxyl groups is 2. The van der Waals surface area contributed by atoms with Crippen LogP contribution in [0.15, 0.2) is 36.5 Å². The number of hydrogen-bond donors (Lipinski definition) is 3. The van der Waals surface area contributed by atoms with Crippen molar-refractivity contribution in [3.05, 3.63) is 36.5 Å². The minimum absolute atomic E-state index is 0.0682. The van der Waals surface area contributed by atoms with Gasteiger partial charge in [0, 0.05) is 6.42 Å². The van der Waals surface area contributed by atoms with E-state index in [0.29, 0.717) is 6.42 Å². The van der Waals surface area contributed by atoms with Gasteiger partial charge >= 0.3 is 0 Å². The first kappa shape index (κ1) is 63.6. The summed E-state index contributed by atoms with van der Waals surface area (Å²) < 4.78 is 0. The second kappa shape index (κ2) is 56.9. The van der Waals surface area contributed by atoms with Crippen molar-refractivity contribution in [3.8, 4) is 0 Å². The van der Waals surface area contributed by atoms with Crippen molar-refractivity contribution in [2.45, 2.75) is 341 Å². The Hall–Kier alpha value is -1.39. The number of unbranched alkanes of at least 4 members (excludes halogenated alkanes) is 44. The van der Waals surface area contributed by atoms with Gasteiger partial charge in [-0.2, -0.15) is 0 Å². The van der Waals surface area contributed by atoms with Crippen LogP contribution in [0.3, 0.4) is 0 Å². The van der Waals surface area contributed by atoms with Crippen molar-refractivity contribution < 1.29 is 15.0 Å². The lowest BCUT2D eigenvalue weighted by Gasteiger charge is -2.19. The van der Waals surface area contributed by atoms with Gasteiger partial charge in [-0.15, -0.1) is 0 Å². The van der Waals surface area contributed by atoms with Crippen molar-refractivity contribution in [3.63, 3.8) is 0 Å². The first-order chi connectivity index (χ1) is 32.2. The van der Waals surface area contributed by atoms with Crippen LogP contribution in [0.5, 0.6) is 0 Å². The molecule has 384 valence electrons. The summed E-state index contributed by atoms with van der Waals surface area (Å²) in [6, 6.07) is -0.638. The largest absolute Gasteiger partial charge is 0.394 e. The van der Waals surface area contributed by atoms with Crippen LogP contribution in [0.2, 0.25) is 0 Å². The molecule has 0 saturated heterocycles. The quantitative estimate of drug-likeness (QED) is 0.0421. The van der Waals surface area contributed by atoms with E-state index in [1.165, 1.54) is 276 Å². The van der Waals surface area contributed by atoms with E-state index >= 15 is 0 Å². The van der Waals surface area contributed by atoms with Crippen molar-refractivity contribution in [2.75, 3.05) is 6.61 Å². The first-order valence-electron chi connectivity index (χ1n) is 29.7. The summed E-state index contributed by atoms with van der Waals surface area (Å²) >= 11 is 0. The van der Waals surface area contributed by atoms with Crippen LogP contribution in [0.1, 0.15) is 328 Å². The zero-order chi connectivity index (χ0) is 47.0. The average molecular weight is 913 g/mol. The lowest BCUT2D eigenvalue weighted by Crippen LogP contribution is -2.45. The van der Waals surface area contributed by atoms with E-state index < -0.39 is 12.1 Å². The van der Waals surface area contributed by atoms with Gasteiger partial charge < -0.3 is 15.5 Å². The van der Waals surface area contributed by atoms with Crippen LogP contribution in [-0.4, -0.2) is 34.9 Å². The second-order valence-corrected chi connectivity index (χ2v) is 20.4. The van der Waals surface area contributed by atoms with E-state index in [0.717, 1.165) is 32.1 Å². The Labute approximate surface area is 408 Å². The number of rotatable bonds is 55. The Kier molecular flexibility index (Phi) is 55.7. The second-order valence-electron chi connectivity index (χ2n) is 20.4. The number of aliphatic hydroxyl groups excluding tert-OH is 2. The number of carbonyl (C=O) groups is 1. The molecule has 2 unspecified atom stereocenters. The number of amides is 1. The molecule has 4 nitrogen and oxygen atoms in total. The third-order valence-electron chi connectivity index (χ3n) is 13.8. The molecule has 2 atom stereocenters. The predicted octanol–water partition coefficient (Wildman–Crippen LogP) is 19.6. The van der Waals surface area contributed by atoms with Crippen molar-refractivity contribution in [2.24, 2.45) is 0 Å². The van der Waals surface area contributed by atoms with Crippen molar-refractivity contribution in [1.29, 1.82) is 0 Å². The highest BCUT2D eigenvalue weighted by Crippen LogP contribution is 2.17. The minimum atomic E-state index is -0.861. The van der Waals surface area contributed by atoms with Gasteiger partial charge in [0.25, 0.3) is 0 Å². The van der Waals surface area contributed by atoms with E-state index in [9.17, 15) is 15.0 Å². The zero-order valence-electron chi connectivity index (χ0n) is 44.3. The lowest BCUT2D eigenvalue weighted by atomic mass is 10.0. The van der Waals surface area contributed by atoms with E-state index in [2.05, 4.69) is 43.5 Å². The molecule has 0 saturated carbocycles. The van der Waals surface area contributed by atoms with Gasteiger partial charge in [0.05, 0.1) is 18.8 Å². The maximum Gasteiger partial charge on any atom is 0.220 e. The van der Waals surface area contributed by atoms with Crippen LogP contribution in [-0.2, 0) is 4.79 Å². The molecule has 0 rings (SSSR count). The molecule has 0 heterocycles. The fraction of sp³-hybridized carbons (Fsp3) is 0.885. The minimum Gasteiger partial charge on any atom is -0.394 e. The first-order valence-corrected chi connectivity index (χ1v) is 29.7. The summed E-state index contributed by atoms with van der Waals surface area (Å²) in [5, 5.41) is 23.2. The molecule has 0 aromatic rings.